The number of hydrogen-bond acceptors (Lipinski definition) is 4. The van der Waals surface area contributed by atoms with Gasteiger partial charge in [-0.3, -0.25) is 9.69 Å². The number of anilines is 1. The molecule has 5 heteroatoms. The van der Waals surface area contributed by atoms with Crippen molar-refractivity contribution in [3.8, 4) is 5.75 Å². The molecule has 1 fully saturated rings. The number of rotatable bonds is 5. The van der Waals surface area contributed by atoms with Crippen LogP contribution in [0.1, 0.15) is 16.7 Å². The fourth-order valence-electron chi connectivity index (χ4n) is 3.69. The Morgan fingerprint density at radius 1 is 0.909 bits per heavy atom. The number of ether oxygens (including phenoxy) is 1. The highest BCUT2D eigenvalue weighted by atomic mass is 32.2. The van der Waals surface area contributed by atoms with Gasteiger partial charge in [-0.15, -0.1) is 0 Å². The molecule has 0 aromatic heterocycles. The van der Waals surface area contributed by atoms with Crippen molar-refractivity contribution in [2.45, 2.75) is 13.5 Å². The molecule has 3 nitrogen and oxygen atoms in total. The molecule has 0 atom stereocenters. The van der Waals surface area contributed by atoms with E-state index in [1.54, 1.807) is 4.90 Å². The lowest BCUT2D eigenvalue weighted by Crippen LogP contribution is -2.27. The summed E-state index contributed by atoms with van der Waals surface area (Å²) in [5.74, 6) is 0.693. The van der Waals surface area contributed by atoms with Crippen LogP contribution in [-0.4, -0.2) is 10.2 Å². The lowest BCUT2D eigenvalue weighted by atomic mass is 10.1. The number of hydrogen-bond donors (Lipinski definition) is 0. The van der Waals surface area contributed by atoms with Crippen molar-refractivity contribution in [2.24, 2.45) is 0 Å². The molecule has 33 heavy (non-hydrogen) atoms. The number of amides is 1. The summed E-state index contributed by atoms with van der Waals surface area (Å²) in [5.41, 5.74) is 3.99. The minimum absolute atomic E-state index is 0.0921. The maximum Gasteiger partial charge on any atom is 0.270 e. The van der Waals surface area contributed by atoms with Gasteiger partial charge in [0.25, 0.3) is 5.91 Å². The van der Waals surface area contributed by atoms with E-state index in [2.05, 4.69) is 30.3 Å². The summed E-state index contributed by atoms with van der Waals surface area (Å²) in [4.78, 5) is 15.2. The van der Waals surface area contributed by atoms with E-state index < -0.39 is 0 Å². The van der Waals surface area contributed by atoms with E-state index in [0.29, 0.717) is 15.8 Å². The van der Waals surface area contributed by atoms with Crippen LogP contribution in [0.25, 0.3) is 16.8 Å². The van der Waals surface area contributed by atoms with Crippen molar-refractivity contribution in [3.63, 3.8) is 0 Å². The number of thiocarbonyl (C=S) groups is 1. The molecule has 0 radical (unpaired) electrons. The highest BCUT2D eigenvalue weighted by Crippen LogP contribution is 2.36. The van der Waals surface area contributed by atoms with Gasteiger partial charge in [0, 0.05) is 0 Å². The zero-order chi connectivity index (χ0) is 22.8. The molecule has 5 rings (SSSR count). The highest BCUT2D eigenvalue weighted by Gasteiger charge is 2.33. The minimum Gasteiger partial charge on any atom is -0.489 e. The Labute approximate surface area is 202 Å². The molecule has 0 saturated carbocycles. The third kappa shape index (κ3) is 4.70. The summed E-state index contributed by atoms with van der Waals surface area (Å²) in [7, 11) is 0. The Bertz CT molecular complexity index is 1380. The number of fused-ring (bicyclic) bond motifs is 1. The van der Waals surface area contributed by atoms with E-state index >= 15 is 0 Å². The van der Waals surface area contributed by atoms with Crippen LogP contribution in [0.5, 0.6) is 5.75 Å². The van der Waals surface area contributed by atoms with Crippen LogP contribution in [0.4, 0.5) is 5.69 Å². The quantitative estimate of drug-likeness (QED) is 0.231. The Hall–Kier alpha value is -3.41. The molecule has 0 aliphatic carbocycles. The number of carbonyl (C=O) groups excluding carboxylic acids is 1. The van der Waals surface area contributed by atoms with E-state index in [4.69, 9.17) is 17.0 Å². The van der Waals surface area contributed by atoms with Crippen LogP contribution < -0.4 is 9.64 Å². The van der Waals surface area contributed by atoms with Gasteiger partial charge < -0.3 is 4.74 Å². The fourth-order valence-corrected chi connectivity index (χ4v) is 4.99. The summed E-state index contributed by atoms with van der Waals surface area (Å²) in [6, 6.07) is 30.2. The van der Waals surface area contributed by atoms with E-state index in [9.17, 15) is 4.79 Å². The smallest absolute Gasteiger partial charge is 0.270 e. The van der Waals surface area contributed by atoms with Gasteiger partial charge in [-0.1, -0.05) is 90.2 Å². The molecule has 162 valence electrons. The van der Waals surface area contributed by atoms with Gasteiger partial charge in [-0.2, -0.15) is 0 Å². The normalized spacial score (nSPS) is 14.9. The standard InChI is InChI=1S/C28H21NO2S2/c1-19-6-12-24(13-7-19)29-27(30)26(33-28(29)32)17-20-9-14-25(15-10-20)31-18-21-8-11-22-4-2-3-5-23(22)16-21/h2-17H,18H2,1H3/b26-17+. The second kappa shape index (κ2) is 9.22. The lowest BCUT2D eigenvalue weighted by Gasteiger charge is -2.14. The summed E-state index contributed by atoms with van der Waals surface area (Å²) < 4.78 is 6.51. The summed E-state index contributed by atoms with van der Waals surface area (Å²) in [5, 5.41) is 2.43. The van der Waals surface area contributed by atoms with Crippen LogP contribution in [0.15, 0.2) is 95.9 Å². The van der Waals surface area contributed by atoms with Crippen molar-refractivity contribution in [1.82, 2.24) is 0 Å². The van der Waals surface area contributed by atoms with E-state index in [1.165, 1.54) is 22.5 Å². The molecule has 0 N–H and O–H groups in total. The van der Waals surface area contributed by atoms with E-state index in [-0.39, 0.29) is 5.91 Å². The molecule has 1 aliphatic heterocycles. The first-order valence-corrected chi connectivity index (χ1v) is 11.8. The van der Waals surface area contributed by atoms with Gasteiger partial charge in [-0.05, 0) is 65.2 Å². The highest BCUT2D eigenvalue weighted by molar-refractivity contribution is 8.27. The van der Waals surface area contributed by atoms with Gasteiger partial charge in [0.15, 0.2) is 4.32 Å². The minimum atomic E-state index is -0.0921. The molecule has 0 unspecified atom stereocenters. The number of nitrogens with zero attached hydrogens (tertiary/aromatic N) is 1. The number of aryl methyl sites for hydroxylation is 1. The van der Waals surface area contributed by atoms with Crippen LogP contribution in [0, 0.1) is 6.92 Å². The first-order valence-electron chi connectivity index (χ1n) is 10.6. The van der Waals surface area contributed by atoms with Crippen LogP contribution >= 0.6 is 24.0 Å². The van der Waals surface area contributed by atoms with Gasteiger partial charge in [0.1, 0.15) is 12.4 Å². The second-order valence-electron chi connectivity index (χ2n) is 7.89. The van der Waals surface area contributed by atoms with Crippen molar-refractivity contribution in [1.29, 1.82) is 0 Å². The maximum absolute atomic E-state index is 12.9. The predicted molar refractivity (Wildman–Crippen MR) is 142 cm³/mol. The number of thioether (sulfide) groups is 1. The predicted octanol–water partition coefficient (Wildman–Crippen LogP) is 7.13. The fraction of sp³-hybridized carbons (Fsp3) is 0.0714. The Morgan fingerprint density at radius 2 is 1.64 bits per heavy atom. The third-order valence-electron chi connectivity index (χ3n) is 5.48. The van der Waals surface area contributed by atoms with Crippen molar-refractivity contribution in [2.75, 3.05) is 4.90 Å². The van der Waals surface area contributed by atoms with Crippen molar-refractivity contribution >= 4 is 56.7 Å². The molecule has 1 aliphatic rings. The summed E-state index contributed by atoms with van der Waals surface area (Å²) >= 11 is 6.79. The van der Waals surface area contributed by atoms with Gasteiger partial charge in [0.2, 0.25) is 0 Å². The molecule has 1 amide bonds. The number of carbonyl (C=O) groups is 1. The Balaban J connectivity index is 1.26. The zero-order valence-electron chi connectivity index (χ0n) is 18.0. The zero-order valence-corrected chi connectivity index (χ0v) is 19.7. The average molecular weight is 468 g/mol. The Kier molecular flexibility index (Phi) is 5.99. The second-order valence-corrected chi connectivity index (χ2v) is 9.57. The van der Waals surface area contributed by atoms with Gasteiger partial charge in [0.05, 0.1) is 10.6 Å². The SMILES string of the molecule is Cc1ccc(N2C(=O)/C(=C\c3ccc(OCc4ccc5ccccc5c4)cc3)SC2=S)cc1. The molecule has 4 aromatic rings. The van der Waals surface area contributed by atoms with E-state index in [0.717, 1.165) is 28.1 Å². The summed E-state index contributed by atoms with van der Waals surface area (Å²) in [6.07, 6.45) is 1.88. The topological polar surface area (TPSA) is 29.5 Å². The molecular weight excluding hydrogens is 446 g/mol. The average Bonchev–Trinajstić information content (AvgIpc) is 3.11. The van der Waals surface area contributed by atoms with Gasteiger partial charge in [-0.25, -0.2) is 0 Å². The molecule has 1 heterocycles. The summed E-state index contributed by atoms with van der Waals surface area (Å²) in [6.45, 7) is 2.52. The van der Waals surface area contributed by atoms with Crippen molar-refractivity contribution in [3.05, 3.63) is 113 Å². The van der Waals surface area contributed by atoms with E-state index in [1.807, 2.05) is 73.7 Å². The maximum atomic E-state index is 12.9. The van der Waals surface area contributed by atoms with Crippen molar-refractivity contribution < 1.29 is 9.53 Å². The first-order chi connectivity index (χ1) is 16.1. The third-order valence-corrected chi connectivity index (χ3v) is 6.79. The van der Waals surface area contributed by atoms with Crippen LogP contribution in [0.2, 0.25) is 0 Å². The largest absolute Gasteiger partial charge is 0.489 e. The molecule has 0 bridgehead atoms. The lowest BCUT2D eigenvalue weighted by molar-refractivity contribution is -0.113. The molecule has 1 saturated heterocycles. The number of benzene rings is 4. The van der Waals surface area contributed by atoms with Gasteiger partial charge >= 0.3 is 0 Å². The molecule has 0 spiro atoms. The first kappa shape index (κ1) is 21.4. The Morgan fingerprint density at radius 3 is 2.39 bits per heavy atom. The molecular formula is C28H21NO2S2. The molecule has 4 aromatic carbocycles. The van der Waals surface area contributed by atoms with Crippen LogP contribution in [0.3, 0.4) is 0 Å². The monoisotopic (exact) mass is 467 g/mol. The van der Waals surface area contributed by atoms with Crippen LogP contribution in [-0.2, 0) is 11.4 Å².